The van der Waals surface area contributed by atoms with Gasteiger partial charge in [0.25, 0.3) is 0 Å². The van der Waals surface area contributed by atoms with Gasteiger partial charge in [-0.05, 0) is 30.7 Å². The molecule has 3 rings (SSSR count). The van der Waals surface area contributed by atoms with Gasteiger partial charge in [0, 0.05) is 32.6 Å². The molecule has 0 atom stereocenters. The van der Waals surface area contributed by atoms with Crippen molar-refractivity contribution in [2.75, 3.05) is 0 Å². The normalized spacial score (nSPS) is 11.1. The Labute approximate surface area is 143 Å². The molecule has 0 fully saturated rings. The highest BCUT2D eigenvalue weighted by atomic mass is 35.5. The lowest BCUT2D eigenvalue weighted by molar-refractivity contribution is -0.686. The molecule has 23 heavy (non-hydrogen) atoms. The van der Waals surface area contributed by atoms with E-state index in [4.69, 9.17) is 27.6 Å². The molecule has 0 saturated carbocycles. The van der Waals surface area contributed by atoms with Crippen molar-refractivity contribution in [3.8, 4) is 0 Å². The van der Waals surface area contributed by atoms with Crippen LogP contribution in [0.5, 0.6) is 0 Å². The molecular weight excluding hydrogens is 333 g/mol. The van der Waals surface area contributed by atoms with E-state index >= 15 is 0 Å². The highest BCUT2D eigenvalue weighted by Gasteiger charge is 2.10. The van der Waals surface area contributed by atoms with Crippen molar-refractivity contribution >= 4 is 34.2 Å². The van der Waals surface area contributed by atoms with Crippen molar-refractivity contribution in [2.24, 2.45) is 0 Å². The molecule has 2 aromatic carbocycles. The highest BCUT2D eigenvalue weighted by Crippen LogP contribution is 2.24. The lowest BCUT2D eigenvalue weighted by atomic mass is 10.1. The third-order valence-corrected chi connectivity index (χ3v) is 4.57. The first-order valence-electron chi connectivity index (χ1n) is 7.32. The molecule has 0 aliphatic rings. The first-order chi connectivity index (χ1) is 11.0. The number of nitrogens with two attached hydrogens (primary N) is 1. The molecule has 0 radical (unpaired) electrons. The zero-order chi connectivity index (χ0) is 16.4. The summed E-state index contributed by atoms with van der Waals surface area (Å²) in [5.74, 6) is 0. The van der Waals surface area contributed by atoms with Gasteiger partial charge in [-0.3, -0.25) is 0 Å². The quantitative estimate of drug-likeness (QED) is 0.731. The van der Waals surface area contributed by atoms with Crippen molar-refractivity contribution in [1.29, 1.82) is 0 Å². The van der Waals surface area contributed by atoms with Crippen LogP contribution in [-0.2, 0) is 13.1 Å². The van der Waals surface area contributed by atoms with Gasteiger partial charge >= 0.3 is 5.63 Å². The van der Waals surface area contributed by atoms with Crippen LogP contribution in [0.3, 0.4) is 0 Å². The van der Waals surface area contributed by atoms with E-state index in [-0.39, 0.29) is 5.63 Å². The third kappa shape index (κ3) is 3.58. The Balaban J connectivity index is 1.86. The average Bonchev–Trinajstić information content (AvgIpc) is 2.51. The SMILES string of the molecule is Cc1cc2oc(=O)cc(C[NH2+]Cc3ccccc3Cl)c2cc1Cl. The minimum atomic E-state index is -0.347. The van der Waals surface area contributed by atoms with Crippen molar-refractivity contribution in [3.05, 3.63) is 79.6 Å². The van der Waals surface area contributed by atoms with Crippen LogP contribution in [0, 0.1) is 6.92 Å². The summed E-state index contributed by atoms with van der Waals surface area (Å²) in [6.45, 7) is 3.27. The van der Waals surface area contributed by atoms with E-state index in [2.05, 4.69) is 5.32 Å². The van der Waals surface area contributed by atoms with Gasteiger partial charge in [-0.1, -0.05) is 41.4 Å². The molecule has 3 aromatic rings. The summed E-state index contributed by atoms with van der Waals surface area (Å²) in [5.41, 5.74) is 3.08. The van der Waals surface area contributed by atoms with Crippen LogP contribution in [0.25, 0.3) is 11.0 Å². The van der Waals surface area contributed by atoms with E-state index < -0.39 is 0 Å². The van der Waals surface area contributed by atoms with Crippen LogP contribution in [0.15, 0.2) is 51.7 Å². The molecule has 0 spiro atoms. The summed E-state index contributed by atoms with van der Waals surface area (Å²) in [7, 11) is 0. The van der Waals surface area contributed by atoms with Gasteiger partial charge in [0.1, 0.15) is 18.7 Å². The third-order valence-electron chi connectivity index (χ3n) is 3.80. The number of quaternary nitrogens is 1. The minimum Gasteiger partial charge on any atom is -0.423 e. The van der Waals surface area contributed by atoms with Gasteiger partial charge in [-0.25, -0.2) is 4.79 Å². The van der Waals surface area contributed by atoms with Gasteiger partial charge in [0.15, 0.2) is 0 Å². The van der Waals surface area contributed by atoms with Gasteiger partial charge < -0.3 is 9.73 Å². The Morgan fingerprint density at radius 1 is 1.00 bits per heavy atom. The molecule has 0 aliphatic carbocycles. The molecule has 0 saturated heterocycles. The van der Waals surface area contributed by atoms with E-state index in [0.29, 0.717) is 17.2 Å². The van der Waals surface area contributed by atoms with Gasteiger partial charge in [0.2, 0.25) is 0 Å². The lowest BCUT2D eigenvalue weighted by Gasteiger charge is -2.07. The van der Waals surface area contributed by atoms with E-state index in [1.165, 1.54) is 6.07 Å². The predicted molar refractivity (Wildman–Crippen MR) is 93.0 cm³/mol. The maximum absolute atomic E-state index is 11.8. The zero-order valence-electron chi connectivity index (χ0n) is 12.6. The molecule has 1 aromatic heterocycles. The molecule has 3 nitrogen and oxygen atoms in total. The van der Waals surface area contributed by atoms with Gasteiger partial charge in [0.05, 0.1) is 0 Å². The van der Waals surface area contributed by atoms with Crippen LogP contribution in [0.1, 0.15) is 16.7 Å². The Hall–Kier alpha value is -1.81. The first-order valence-corrected chi connectivity index (χ1v) is 8.08. The van der Waals surface area contributed by atoms with E-state index in [9.17, 15) is 4.79 Å². The highest BCUT2D eigenvalue weighted by molar-refractivity contribution is 6.32. The van der Waals surface area contributed by atoms with E-state index in [0.717, 1.165) is 33.6 Å². The molecule has 5 heteroatoms. The maximum Gasteiger partial charge on any atom is 0.336 e. The Morgan fingerprint density at radius 2 is 1.74 bits per heavy atom. The standard InChI is InChI=1S/C18H15Cl2NO2/c1-11-6-17-14(8-16(11)20)13(7-18(22)23-17)10-21-9-12-4-2-3-5-15(12)19/h2-8,21H,9-10H2,1H3/p+1. The molecular formula is C18H16Cl2NO2+. The van der Waals surface area contributed by atoms with Gasteiger partial charge in [-0.2, -0.15) is 0 Å². The largest absolute Gasteiger partial charge is 0.423 e. The van der Waals surface area contributed by atoms with Crippen LogP contribution < -0.4 is 10.9 Å². The molecule has 0 amide bonds. The number of hydrogen-bond acceptors (Lipinski definition) is 2. The number of aryl methyl sites for hydroxylation is 1. The molecule has 118 valence electrons. The summed E-state index contributed by atoms with van der Waals surface area (Å²) < 4.78 is 5.27. The minimum absolute atomic E-state index is 0.347. The van der Waals surface area contributed by atoms with Crippen molar-refractivity contribution < 1.29 is 9.73 Å². The smallest absolute Gasteiger partial charge is 0.336 e. The molecule has 1 heterocycles. The summed E-state index contributed by atoms with van der Waals surface area (Å²) in [5, 5.41) is 4.39. The fraction of sp³-hybridized carbons (Fsp3) is 0.167. The molecule has 2 N–H and O–H groups in total. The number of rotatable bonds is 4. The van der Waals surface area contributed by atoms with E-state index in [1.54, 1.807) is 6.07 Å². The topological polar surface area (TPSA) is 46.8 Å². The number of hydrogen-bond donors (Lipinski definition) is 1. The lowest BCUT2D eigenvalue weighted by Crippen LogP contribution is -2.80. The fourth-order valence-electron chi connectivity index (χ4n) is 2.56. The summed E-state index contributed by atoms with van der Waals surface area (Å²) in [6.07, 6.45) is 0. The fourth-order valence-corrected chi connectivity index (χ4v) is 2.94. The Morgan fingerprint density at radius 3 is 2.52 bits per heavy atom. The van der Waals surface area contributed by atoms with E-state index in [1.807, 2.05) is 37.3 Å². The summed E-state index contributed by atoms with van der Waals surface area (Å²) in [4.78, 5) is 11.8. The summed E-state index contributed by atoms with van der Waals surface area (Å²) in [6, 6.07) is 12.9. The molecule has 0 aliphatic heterocycles. The monoisotopic (exact) mass is 348 g/mol. The van der Waals surface area contributed by atoms with Crippen LogP contribution in [-0.4, -0.2) is 0 Å². The van der Waals surface area contributed by atoms with Crippen molar-refractivity contribution in [3.63, 3.8) is 0 Å². The van der Waals surface area contributed by atoms with Crippen LogP contribution >= 0.6 is 23.2 Å². The number of halogens is 2. The molecule has 0 unspecified atom stereocenters. The predicted octanol–water partition coefficient (Wildman–Crippen LogP) is 3.67. The summed E-state index contributed by atoms with van der Waals surface area (Å²) >= 11 is 12.4. The van der Waals surface area contributed by atoms with Crippen LogP contribution in [0.4, 0.5) is 0 Å². The Kier molecular flexibility index (Phi) is 4.71. The molecule has 0 bridgehead atoms. The average molecular weight is 349 g/mol. The van der Waals surface area contributed by atoms with Crippen molar-refractivity contribution in [1.82, 2.24) is 0 Å². The number of benzene rings is 2. The zero-order valence-corrected chi connectivity index (χ0v) is 14.1. The van der Waals surface area contributed by atoms with Gasteiger partial charge in [-0.15, -0.1) is 0 Å². The van der Waals surface area contributed by atoms with Crippen molar-refractivity contribution in [2.45, 2.75) is 20.0 Å². The Bertz CT molecular complexity index is 919. The second-order valence-electron chi connectivity index (χ2n) is 5.48. The second-order valence-corrected chi connectivity index (χ2v) is 6.29. The maximum atomic E-state index is 11.8. The van der Waals surface area contributed by atoms with Crippen LogP contribution in [0.2, 0.25) is 10.0 Å². The second kappa shape index (κ2) is 6.75. The number of fused-ring (bicyclic) bond motifs is 1. The first kappa shape index (κ1) is 16.1.